The third kappa shape index (κ3) is 4.42. The standard InChI is InChI=1S/C13H18Br2S/c1-2-13(10-14,11-15)8-9-16-12-6-4-3-5-7-12/h3-7H,2,8-11H2,1H3. The van der Waals surface area contributed by atoms with Crippen molar-refractivity contribution in [3.8, 4) is 0 Å². The van der Waals surface area contributed by atoms with Crippen LogP contribution in [0.2, 0.25) is 0 Å². The third-order valence-corrected chi connectivity index (χ3v) is 6.35. The van der Waals surface area contributed by atoms with Crippen LogP contribution >= 0.6 is 43.6 Å². The Morgan fingerprint density at radius 3 is 2.25 bits per heavy atom. The van der Waals surface area contributed by atoms with Gasteiger partial charge in [-0.15, -0.1) is 11.8 Å². The lowest BCUT2D eigenvalue weighted by atomic mass is 9.87. The summed E-state index contributed by atoms with van der Waals surface area (Å²) in [4.78, 5) is 1.37. The van der Waals surface area contributed by atoms with Crippen LogP contribution in [0.4, 0.5) is 0 Å². The first kappa shape index (κ1) is 14.6. The van der Waals surface area contributed by atoms with E-state index in [4.69, 9.17) is 0 Å². The maximum atomic E-state index is 3.64. The number of hydrogen-bond acceptors (Lipinski definition) is 1. The summed E-state index contributed by atoms with van der Waals surface area (Å²) in [5, 5.41) is 2.16. The molecule has 0 heterocycles. The average Bonchev–Trinajstić information content (AvgIpc) is 2.37. The second-order valence-electron chi connectivity index (χ2n) is 4.03. The lowest BCUT2D eigenvalue weighted by molar-refractivity contribution is 0.365. The predicted octanol–water partition coefficient (Wildman–Crippen LogP) is 5.36. The summed E-state index contributed by atoms with van der Waals surface area (Å²) in [5.74, 6) is 1.19. The van der Waals surface area contributed by atoms with E-state index in [1.54, 1.807) is 0 Å². The minimum atomic E-state index is 0.418. The van der Waals surface area contributed by atoms with Crippen LogP contribution in [0.15, 0.2) is 35.2 Å². The molecule has 0 radical (unpaired) electrons. The summed E-state index contributed by atoms with van der Waals surface area (Å²) in [7, 11) is 0. The van der Waals surface area contributed by atoms with Crippen molar-refractivity contribution in [2.24, 2.45) is 5.41 Å². The molecule has 90 valence electrons. The molecule has 1 rings (SSSR count). The van der Waals surface area contributed by atoms with Gasteiger partial charge in [0, 0.05) is 15.6 Å². The maximum absolute atomic E-state index is 3.64. The second-order valence-corrected chi connectivity index (χ2v) is 6.32. The van der Waals surface area contributed by atoms with Crippen LogP contribution in [-0.2, 0) is 0 Å². The van der Waals surface area contributed by atoms with Gasteiger partial charge in [-0.05, 0) is 36.1 Å². The van der Waals surface area contributed by atoms with Crippen LogP contribution in [0.3, 0.4) is 0 Å². The lowest BCUT2D eigenvalue weighted by Crippen LogP contribution is -2.24. The summed E-state index contributed by atoms with van der Waals surface area (Å²) < 4.78 is 0. The van der Waals surface area contributed by atoms with Gasteiger partial charge in [-0.2, -0.15) is 0 Å². The number of benzene rings is 1. The first-order valence-electron chi connectivity index (χ1n) is 5.56. The molecule has 0 atom stereocenters. The van der Waals surface area contributed by atoms with Crippen LogP contribution in [0.5, 0.6) is 0 Å². The van der Waals surface area contributed by atoms with Gasteiger partial charge in [0.05, 0.1) is 0 Å². The molecule has 0 saturated heterocycles. The van der Waals surface area contributed by atoms with Crippen molar-refractivity contribution < 1.29 is 0 Å². The van der Waals surface area contributed by atoms with E-state index in [2.05, 4.69) is 69.1 Å². The van der Waals surface area contributed by atoms with Crippen molar-refractivity contribution in [3.05, 3.63) is 30.3 Å². The van der Waals surface area contributed by atoms with Crippen LogP contribution in [0.25, 0.3) is 0 Å². The zero-order valence-electron chi connectivity index (χ0n) is 9.59. The Labute approximate surface area is 120 Å². The molecular weight excluding hydrogens is 348 g/mol. The summed E-state index contributed by atoms with van der Waals surface area (Å²) in [5.41, 5.74) is 0.418. The van der Waals surface area contributed by atoms with E-state index in [1.807, 2.05) is 11.8 Å². The quantitative estimate of drug-likeness (QED) is 0.463. The molecule has 16 heavy (non-hydrogen) atoms. The number of rotatable bonds is 7. The number of halogens is 2. The molecule has 0 unspecified atom stereocenters. The van der Waals surface area contributed by atoms with Gasteiger partial charge in [-0.3, -0.25) is 0 Å². The fourth-order valence-corrected chi connectivity index (χ4v) is 4.84. The molecule has 1 aromatic carbocycles. The first-order valence-corrected chi connectivity index (χ1v) is 8.79. The summed E-state index contributed by atoms with van der Waals surface area (Å²) in [6, 6.07) is 10.6. The third-order valence-electron chi connectivity index (χ3n) is 2.96. The van der Waals surface area contributed by atoms with Crippen molar-refractivity contribution in [2.75, 3.05) is 16.4 Å². The largest absolute Gasteiger partial charge is 0.126 e. The molecule has 0 nitrogen and oxygen atoms in total. The smallest absolute Gasteiger partial charge is 0.00961 e. The van der Waals surface area contributed by atoms with Crippen molar-refractivity contribution in [3.63, 3.8) is 0 Å². The maximum Gasteiger partial charge on any atom is 0.00961 e. The van der Waals surface area contributed by atoms with Gasteiger partial charge in [-0.1, -0.05) is 57.0 Å². The molecule has 0 spiro atoms. The molecule has 0 bridgehead atoms. The molecule has 0 aromatic heterocycles. The molecule has 0 aliphatic rings. The predicted molar refractivity (Wildman–Crippen MR) is 82.1 cm³/mol. The van der Waals surface area contributed by atoms with Gasteiger partial charge < -0.3 is 0 Å². The Balaban J connectivity index is 2.39. The Kier molecular flexibility index (Phi) is 7.09. The Bertz CT molecular complexity index is 275. The second kappa shape index (κ2) is 7.78. The Morgan fingerprint density at radius 2 is 1.75 bits per heavy atom. The molecule has 0 aliphatic heterocycles. The minimum absolute atomic E-state index is 0.418. The van der Waals surface area contributed by atoms with Crippen molar-refractivity contribution >= 4 is 43.6 Å². The first-order chi connectivity index (χ1) is 7.76. The van der Waals surface area contributed by atoms with Crippen LogP contribution in [0.1, 0.15) is 19.8 Å². The number of alkyl halides is 2. The van der Waals surface area contributed by atoms with E-state index in [0.717, 1.165) is 10.7 Å². The molecule has 0 N–H and O–H groups in total. The van der Waals surface area contributed by atoms with Gasteiger partial charge in [0.15, 0.2) is 0 Å². The van der Waals surface area contributed by atoms with Crippen LogP contribution in [-0.4, -0.2) is 16.4 Å². The van der Waals surface area contributed by atoms with E-state index >= 15 is 0 Å². The molecule has 0 amide bonds. The Morgan fingerprint density at radius 1 is 1.12 bits per heavy atom. The highest BCUT2D eigenvalue weighted by Crippen LogP contribution is 2.33. The highest BCUT2D eigenvalue weighted by molar-refractivity contribution is 9.09. The minimum Gasteiger partial charge on any atom is -0.126 e. The van der Waals surface area contributed by atoms with Crippen LogP contribution in [0, 0.1) is 5.41 Å². The van der Waals surface area contributed by atoms with Gasteiger partial charge in [0.25, 0.3) is 0 Å². The normalized spacial score (nSPS) is 11.7. The molecule has 3 heteroatoms. The van der Waals surface area contributed by atoms with Crippen molar-refractivity contribution in [2.45, 2.75) is 24.7 Å². The van der Waals surface area contributed by atoms with E-state index in [1.165, 1.54) is 23.5 Å². The molecule has 1 aromatic rings. The molecule has 0 fully saturated rings. The molecule has 0 saturated carbocycles. The number of hydrogen-bond donors (Lipinski definition) is 0. The monoisotopic (exact) mass is 364 g/mol. The van der Waals surface area contributed by atoms with E-state index in [0.29, 0.717) is 5.41 Å². The summed E-state index contributed by atoms with van der Waals surface area (Å²) in [6.45, 7) is 2.27. The van der Waals surface area contributed by atoms with Gasteiger partial charge in [-0.25, -0.2) is 0 Å². The van der Waals surface area contributed by atoms with E-state index in [9.17, 15) is 0 Å². The van der Waals surface area contributed by atoms with Crippen molar-refractivity contribution in [1.29, 1.82) is 0 Å². The molecule has 0 aliphatic carbocycles. The van der Waals surface area contributed by atoms with Gasteiger partial charge in [0.2, 0.25) is 0 Å². The van der Waals surface area contributed by atoms with Crippen LogP contribution < -0.4 is 0 Å². The summed E-state index contributed by atoms with van der Waals surface area (Å²) >= 11 is 9.23. The van der Waals surface area contributed by atoms with Crippen molar-refractivity contribution in [1.82, 2.24) is 0 Å². The zero-order chi connectivity index (χ0) is 11.9. The fourth-order valence-electron chi connectivity index (χ4n) is 1.44. The fraction of sp³-hybridized carbons (Fsp3) is 0.538. The average molecular weight is 366 g/mol. The van der Waals surface area contributed by atoms with Gasteiger partial charge >= 0.3 is 0 Å². The van der Waals surface area contributed by atoms with E-state index < -0.39 is 0 Å². The highest BCUT2D eigenvalue weighted by atomic mass is 79.9. The van der Waals surface area contributed by atoms with E-state index in [-0.39, 0.29) is 0 Å². The SMILES string of the molecule is CCC(CBr)(CBr)CCSc1ccccc1. The Hall–Kier alpha value is 0.530. The number of thioether (sulfide) groups is 1. The molecular formula is C13H18Br2S. The van der Waals surface area contributed by atoms with Gasteiger partial charge in [0.1, 0.15) is 0 Å². The summed E-state index contributed by atoms with van der Waals surface area (Å²) in [6.07, 6.45) is 2.47. The zero-order valence-corrected chi connectivity index (χ0v) is 13.6. The lowest BCUT2D eigenvalue weighted by Gasteiger charge is -2.28. The topological polar surface area (TPSA) is 0 Å². The highest BCUT2D eigenvalue weighted by Gasteiger charge is 2.24.